The van der Waals surface area contributed by atoms with Gasteiger partial charge in [-0.05, 0) is 25.5 Å². The monoisotopic (exact) mass is 277 g/mol. The largest absolute Gasteiger partial charge is 0.477 e. The van der Waals surface area contributed by atoms with Gasteiger partial charge in [0.05, 0.1) is 18.1 Å². The highest BCUT2D eigenvalue weighted by atomic mass is 16.7. The number of nitro benzene ring substituents is 1. The Kier molecular flexibility index (Phi) is 3.19. The second-order valence-electron chi connectivity index (χ2n) is 5.03. The third-order valence-corrected chi connectivity index (χ3v) is 3.42. The van der Waals surface area contributed by atoms with Crippen LogP contribution in [0.2, 0.25) is 0 Å². The van der Waals surface area contributed by atoms with E-state index in [-0.39, 0.29) is 5.69 Å². The van der Waals surface area contributed by atoms with Crippen LogP contribution in [0.15, 0.2) is 24.3 Å². The van der Waals surface area contributed by atoms with Gasteiger partial charge in [0.15, 0.2) is 5.60 Å². The summed E-state index contributed by atoms with van der Waals surface area (Å²) in [5, 5.41) is 10.8. The highest BCUT2D eigenvalue weighted by Gasteiger charge is 2.39. The zero-order valence-electron chi connectivity index (χ0n) is 11.1. The lowest BCUT2D eigenvalue weighted by Crippen LogP contribution is -2.49. The molecule has 0 unspecified atom stereocenters. The van der Waals surface area contributed by atoms with Crippen LogP contribution in [-0.2, 0) is 9.47 Å². The van der Waals surface area contributed by atoms with Gasteiger partial charge in [-0.1, -0.05) is 6.08 Å². The second kappa shape index (κ2) is 4.88. The van der Waals surface area contributed by atoms with Gasteiger partial charge in [-0.15, -0.1) is 0 Å². The maximum atomic E-state index is 10.8. The first-order valence-corrected chi connectivity index (χ1v) is 6.48. The molecule has 2 aliphatic heterocycles. The van der Waals surface area contributed by atoms with Gasteiger partial charge >= 0.3 is 0 Å². The number of benzene rings is 1. The van der Waals surface area contributed by atoms with Gasteiger partial charge in [-0.3, -0.25) is 10.1 Å². The van der Waals surface area contributed by atoms with Gasteiger partial charge in [0.25, 0.3) is 5.69 Å². The Morgan fingerprint density at radius 3 is 2.80 bits per heavy atom. The molecule has 0 N–H and O–H groups in total. The lowest BCUT2D eigenvalue weighted by atomic mass is 9.99. The van der Waals surface area contributed by atoms with Crippen LogP contribution in [-0.4, -0.2) is 30.0 Å². The molecule has 0 bridgehead atoms. The van der Waals surface area contributed by atoms with Crippen molar-refractivity contribution in [3.8, 4) is 5.75 Å². The number of rotatable bonds is 2. The fraction of sp³-hybridized carbons (Fsp3) is 0.429. The van der Waals surface area contributed by atoms with Crippen molar-refractivity contribution in [1.82, 2.24) is 0 Å². The van der Waals surface area contributed by atoms with Crippen molar-refractivity contribution in [3.05, 3.63) is 40.0 Å². The summed E-state index contributed by atoms with van der Waals surface area (Å²) in [5.41, 5.74) is 0.0158. The highest BCUT2D eigenvalue weighted by molar-refractivity contribution is 5.64. The smallest absolute Gasteiger partial charge is 0.270 e. The Labute approximate surface area is 116 Å². The van der Waals surface area contributed by atoms with Crippen LogP contribution in [0.5, 0.6) is 5.75 Å². The molecule has 3 rings (SSSR count). The van der Waals surface area contributed by atoms with E-state index in [0.717, 1.165) is 6.42 Å². The number of hydrogen-bond acceptors (Lipinski definition) is 5. The molecule has 6 nitrogen and oxygen atoms in total. The van der Waals surface area contributed by atoms with Crippen molar-refractivity contribution >= 4 is 11.8 Å². The van der Waals surface area contributed by atoms with E-state index in [2.05, 4.69) is 0 Å². The van der Waals surface area contributed by atoms with Gasteiger partial charge < -0.3 is 14.2 Å². The molecule has 6 heteroatoms. The van der Waals surface area contributed by atoms with Gasteiger partial charge in [-0.2, -0.15) is 0 Å². The summed E-state index contributed by atoms with van der Waals surface area (Å²) in [6.07, 6.45) is 4.05. The van der Waals surface area contributed by atoms with Crippen LogP contribution in [0.3, 0.4) is 0 Å². The standard InChI is InChI=1S/C14H15NO5/c1-14(13-18-7-2-8-19-13)6-5-10-9-11(15(16)17)3-4-12(10)20-14/h3-6,9,13H,2,7-8H2,1H3/t14-/m0/s1. The maximum absolute atomic E-state index is 10.8. The molecule has 1 aromatic carbocycles. The molecule has 0 saturated carbocycles. The number of hydrogen-bond donors (Lipinski definition) is 0. The van der Waals surface area contributed by atoms with Crippen LogP contribution in [0, 0.1) is 10.1 Å². The minimum absolute atomic E-state index is 0.0470. The molecule has 0 aliphatic carbocycles. The van der Waals surface area contributed by atoms with Gasteiger partial charge in [-0.25, -0.2) is 0 Å². The van der Waals surface area contributed by atoms with E-state index in [4.69, 9.17) is 14.2 Å². The summed E-state index contributed by atoms with van der Waals surface area (Å²) in [6, 6.07) is 4.53. The van der Waals surface area contributed by atoms with Crippen molar-refractivity contribution in [2.24, 2.45) is 0 Å². The molecule has 2 aliphatic rings. The molecule has 0 radical (unpaired) electrons. The predicted molar refractivity (Wildman–Crippen MR) is 71.5 cm³/mol. The quantitative estimate of drug-likeness (QED) is 0.613. The van der Waals surface area contributed by atoms with Crippen molar-refractivity contribution < 1.29 is 19.1 Å². The summed E-state index contributed by atoms with van der Waals surface area (Å²) >= 11 is 0. The summed E-state index contributed by atoms with van der Waals surface area (Å²) in [7, 11) is 0. The van der Waals surface area contributed by atoms with E-state index >= 15 is 0 Å². The summed E-state index contributed by atoms with van der Waals surface area (Å²) < 4.78 is 17.1. The maximum Gasteiger partial charge on any atom is 0.270 e. The molecule has 2 heterocycles. The van der Waals surface area contributed by atoms with E-state index < -0.39 is 16.8 Å². The van der Waals surface area contributed by atoms with E-state index in [1.54, 1.807) is 6.07 Å². The SMILES string of the molecule is C[C@@]1(C2OCCCO2)C=Cc2cc([N+](=O)[O-])ccc2O1. The van der Waals surface area contributed by atoms with E-state index in [0.29, 0.717) is 24.5 Å². The zero-order chi connectivity index (χ0) is 14.2. The van der Waals surface area contributed by atoms with Crippen LogP contribution < -0.4 is 4.74 Å². The average molecular weight is 277 g/mol. The van der Waals surface area contributed by atoms with Crippen molar-refractivity contribution in [3.63, 3.8) is 0 Å². The lowest BCUT2D eigenvalue weighted by Gasteiger charge is -2.39. The first-order chi connectivity index (χ1) is 9.58. The Balaban J connectivity index is 1.87. The van der Waals surface area contributed by atoms with E-state index in [9.17, 15) is 10.1 Å². The highest BCUT2D eigenvalue weighted by Crippen LogP contribution is 2.36. The zero-order valence-corrected chi connectivity index (χ0v) is 11.1. The van der Waals surface area contributed by atoms with Crippen LogP contribution in [0.25, 0.3) is 6.08 Å². The first kappa shape index (κ1) is 13.1. The minimum atomic E-state index is -0.719. The molecule has 106 valence electrons. The molecule has 1 fully saturated rings. The molecule has 0 amide bonds. The molecular formula is C14H15NO5. The van der Waals surface area contributed by atoms with Gasteiger partial charge in [0.2, 0.25) is 6.29 Å². The van der Waals surface area contributed by atoms with Crippen LogP contribution >= 0.6 is 0 Å². The predicted octanol–water partition coefficient (Wildman–Crippen LogP) is 2.52. The Morgan fingerprint density at radius 1 is 1.35 bits per heavy atom. The Hall–Kier alpha value is -1.92. The number of nitrogens with zero attached hydrogens (tertiary/aromatic N) is 1. The van der Waals surface area contributed by atoms with Gasteiger partial charge in [0.1, 0.15) is 5.75 Å². The van der Waals surface area contributed by atoms with Crippen LogP contribution in [0.1, 0.15) is 18.9 Å². The first-order valence-electron chi connectivity index (χ1n) is 6.48. The van der Waals surface area contributed by atoms with Crippen molar-refractivity contribution in [1.29, 1.82) is 0 Å². The van der Waals surface area contributed by atoms with Gasteiger partial charge in [0, 0.05) is 17.7 Å². The summed E-state index contributed by atoms with van der Waals surface area (Å²) in [5.74, 6) is 0.596. The average Bonchev–Trinajstić information content (AvgIpc) is 2.47. The fourth-order valence-corrected chi connectivity index (χ4v) is 2.34. The minimum Gasteiger partial charge on any atom is -0.477 e. The Morgan fingerprint density at radius 2 is 2.10 bits per heavy atom. The molecular weight excluding hydrogens is 262 g/mol. The van der Waals surface area contributed by atoms with E-state index in [1.807, 2.05) is 19.1 Å². The molecule has 1 aromatic rings. The van der Waals surface area contributed by atoms with Crippen molar-refractivity contribution in [2.45, 2.75) is 25.2 Å². The third kappa shape index (κ3) is 2.28. The number of nitro groups is 1. The lowest BCUT2D eigenvalue weighted by molar-refractivity contribution is -0.384. The molecule has 0 aromatic heterocycles. The van der Waals surface area contributed by atoms with Crippen LogP contribution in [0.4, 0.5) is 5.69 Å². The third-order valence-electron chi connectivity index (χ3n) is 3.42. The fourth-order valence-electron chi connectivity index (χ4n) is 2.34. The van der Waals surface area contributed by atoms with E-state index in [1.165, 1.54) is 12.1 Å². The normalized spacial score (nSPS) is 25.9. The number of fused-ring (bicyclic) bond motifs is 1. The molecule has 1 atom stereocenters. The molecule has 0 spiro atoms. The molecule has 20 heavy (non-hydrogen) atoms. The summed E-state index contributed by atoms with van der Waals surface area (Å²) in [4.78, 5) is 10.3. The second-order valence-corrected chi connectivity index (χ2v) is 5.03. The number of non-ortho nitro benzene ring substituents is 1. The topological polar surface area (TPSA) is 70.8 Å². The summed E-state index contributed by atoms with van der Waals surface area (Å²) in [6.45, 7) is 3.17. The Bertz CT molecular complexity index is 565. The van der Waals surface area contributed by atoms with Crippen molar-refractivity contribution in [2.75, 3.05) is 13.2 Å². The molecule has 1 saturated heterocycles. The number of ether oxygens (including phenoxy) is 3.